The molecule has 17 heavy (non-hydrogen) atoms. The Balaban J connectivity index is 1.89. The maximum absolute atomic E-state index is 11.8. The number of hydrogen-bond donors (Lipinski definition) is 1. The molecule has 1 aromatic rings. The van der Waals surface area contributed by atoms with Crippen LogP contribution in [0.1, 0.15) is 0 Å². The van der Waals surface area contributed by atoms with Crippen LogP contribution in [0.2, 0.25) is 0 Å². The molecular weight excluding hydrogens is 240 g/mol. The van der Waals surface area contributed by atoms with E-state index in [9.17, 15) is 9.59 Å². The number of amides is 2. The predicted octanol–water partition coefficient (Wildman–Crippen LogP) is -0.144. The largest absolute Gasteiger partial charge is 0.332 e. The average Bonchev–Trinajstić information content (AvgIpc) is 2.82. The van der Waals surface area contributed by atoms with Gasteiger partial charge in [-0.25, -0.2) is 4.98 Å². The highest BCUT2D eigenvalue weighted by atomic mass is 32.1. The number of piperazine rings is 1. The van der Waals surface area contributed by atoms with Gasteiger partial charge in [-0.1, -0.05) is 0 Å². The molecule has 2 heterocycles. The normalized spacial score (nSPS) is 16.9. The Morgan fingerprint density at radius 2 is 2.06 bits per heavy atom. The van der Waals surface area contributed by atoms with E-state index in [0.29, 0.717) is 18.2 Å². The zero-order chi connectivity index (χ0) is 12.3. The van der Waals surface area contributed by atoms with Crippen molar-refractivity contribution < 1.29 is 9.59 Å². The fraction of sp³-hybridized carbons (Fsp3) is 0.500. The number of nitrogens with zero attached hydrogens (tertiary/aromatic N) is 3. The zero-order valence-electron chi connectivity index (χ0n) is 9.55. The van der Waals surface area contributed by atoms with Gasteiger partial charge in [0, 0.05) is 37.8 Å². The van der Waals surface area contributed by atoms with Crippen LogP contribution in [0.4, 0.5) is 5.13 Å². The molecule has 0 spiro atoms. The van der Waals surface area contributed by atoms with Crippen molar-refractivity contribution in [3.05, 3.63) is 11.6 Å². The van der Waals surface area contributed by atoms with Crippen molar-refractivity contribution in [1.29, 1.82) is 0 Å². The number of hydrogen-bond acceptors (Lipinski definition) is 5. The summed E-state index contributed by atoms with van der Waals surface area (Å²) in [5, 5.41) is 4.70. The van der Waals surface area contributed by atoms with Gasteiger partial charge < -0.3 is 9.80 Å². The molecule has 1 aliphatic rings. The molecule has 1 N–H and O–H groups in total. The maximum Gasteiger partial charge on any atom is 0.315 e. The molecule has 0 aliphatic carbocycles. The summed E-state index contributed by atoms with van der Waals surface area (Å²) in [6, 6.07) is 0. The molecule has 0 radical (unpaired) electrons. The SMILES string of the molecule is CN1CCN(C(=O)C(=O)Nc2nccs2)CC1. The fourth-order valence-corrected chi connectivity index (χ4v) is 2.11. The lowest BCUT2D eigenvalue weighted by Gasteiger charge is -2.31. The van der Waals surface area contributed by atoms with Crippen LogP contribution in [0.3, 0.4) is 0 Å². The van der Waals surface area contributed by atoms with Crippen molar-refractivity contribution in [1.82, 2.24) is 14.8 Å². The van der Waals surface area contributed by atoms with Crippen molar-refractivity contribution in [3.8, 4) is 0 Å². The first-order valence-corrected chi connectivity index (χ1v) is 6.23. The summed E-state index contributed by atoms with van der Waals surface area (Å²) in [5.74, 6) is -1.09. The number of anilines is 1. The molecule has 1 aromatic heterocycles. The number of nitrogens with one attached hydrogen (secondary N) is 1. The molecule has 7 heteroatoms. The van der Waals surface area contributed by atoms with Crippen LogP contribution in [0.5, 0.6) is 0 Å². The first-order chi connectivity index (χ1) is 8.16. The molecule has 1 saturated heterocycles. The predicted molar refractivity (Wildman–Crippen MR) is 64.8 cm³/mol. The van der Waals surface area contributed by atoms with Crippen LogP contribution in [-0.2, 0) is 9.59 Å². The van der Waals surface area contributed by atoms with Gasteiger partial charge in [0.05, 0.1) is 0 Å². The molecule has 2 amide bonds. The van der Waals surface area contributed by atoms with Crippen molar-refractivity contribution in [2.24, 2.45) is 0 Å². The lowest BCUT2D eigenvalue weighted by atomic mass is 10.3. The summed E-state index contributed by atoms with van der Waals surface area (Å²) in [4.78, 5) is 31.0. The molecule has 0 saturated carbocycles. The van der Waals surface area contributed by atoms with Crippen LogP contribution in [-0.4, -0.2) is 59.8 Å². The Bertz CT molecular complexity index is 398. The van der Waals surface area contributed by atoms with E-state index in [2.05, 4.69) is 15.2 Å². The van der Waals surface area contributed by atoms with Crippen molar-refractivity contribution >= 4 is 28.3 Å². The number of aromatic nitrogens is 1. The van der Waals surface area contributed by atoms with Gasteiger partial charge in [-0.15, -0.1) is 11.3 Å². The van der Waals surface area contributed by atoms with Gasteiger partial charge >= 0.3 is 11.8 Å². The second-order valence-electron chi connectivity index (χ2n) is 3.89. The maximum atomic E-state index is 11.8. The van der Waals surface area contributed by atoms with Crippen molar-refractivity contribution in [3.63, 3.8) is 0 Å². The van der Waals surface area contributed by atoms with Crippen molar-refractivity contribution in [2.45, 2.75) is 0 Å². The third-order valence-electron chi connectivity index (χ3n) is 2.64. The Kier molecular flexibility index (Phi) is 3.70. The molecule has 2 rings (SSSR count). The van der Waals surface area contributed by atoms with Crippen LogP contribution >= 0.6 is 11.3 Å². The fourth-order valence-electron chi connectivity index (χ4n) is 1.59. The number of rotatable bonds is 1. The molecule has 92 valence electrons. The van der Waals surface area contributed by atoms with E-state index in [0.717, 1.165) is 13.1 Å². The van der Waals surface area contributed by atoms with E-state index in [1.807, 2.05) is 7.05 Å². The van der Waals surface area contributed by atoms with E-state index < -0.39 is 11.8 Å². The topological polar surface area (TPSA) is 65.5 Å². The minimum absolute atomic E-state index is 0.456. The highest BCUT2D eigenvalue weighted by Crippen LogP contribution is 2.10. The highest BCUT2D eigenvalue weighted by molar-refractivity contribution is 7.13. The monoisotopic (exact) mass is 254 g/mol. The zero-order valence-corrected chi connectivity index (χ0v) is 10.4. The lowest BCUT2D eigenvalue weighted by molar-refractivity contribution is -0.144. The van der Waals surface area contributed by atoms with Gasteiger partial charge in [-0.2, -0.15) is 0 Å². The number of likely N-dealkylation sites (N-methyl/N-ethyl adjacent to an activating group) is 1. The molecule has 6 nitrogen and oxygen atoms in total. The Morgan fingerprint density at radius 3 is 2.65 bits per heavy atom. The summed E-state index contributed by atoms with van der Waals surface area (Å²) < 4.78 is 0. The first-order valence-electron chi connectivity index (χ1n) is 5.35. The van der Waals surface area contributed by atoms with Crippen LogP contribution in [0, 0.1) is 0 Å². The van der Waals surface area contributed by atoms with E-state index >= 15 is 0 Å². The number of thiazole rings is 1. The molecule has 0 atom stereocenters. The lowest BCUT2D eigenvalue weighted by Crippen LogP contribution is -2.50. The summed E-state index contributed by atoms with van der Waals surface area (Å²) >= 11 is 1.29. The van der Waals surface area contributed by atoms with E-state index in [1.54, 1.807) is 16.5 Å². The second kappa shape index (κ2) is 5.24. The van der Waals surface area contributed by atoms with Crippen LogP contribution in [0.25, 0.3) is 0 Å². The van der Waals surface area contributed by atoms with Gasteiger partial charge in [0.25, 0.3) is 0 Å². The number of carbonyl (C=O) groups is 2. The van der Waals surface area contributed by atoms with Gasteiger partial charge in [-0.3, -0.25) is 14.9 Å². The van der Waals surface area contributed by atoms with Gasteiger partial charge in [0.15, 0.2) is 5.13 Å². The average molecular weight is 254 g/mol. The molecule has 0 aromatic carbocycles. The Morgan fingerprint density at radius 1 is 1.35 bits per heavy atom. The van der Waals surface area contributed by atoms with E-state index in [-0.39, 0.29) is 0 Å². The smallest absolute Gasteiger partial charge is 0.315 e. The summed E-state index contributed by atoms with van der Waals surface area (Å²) in [6.07, 6.45) is 1.58. The standard InChI is InChI=1S/C10H14N4O2S/c1-13-3-5-14(6-4-13)9(16)8(15)12-10-11-2-7-17-10/h2,7H,3-6H2,1H3,(H,11,12,15). The van der Waals surface area contributed by atoms with Crippen LogP contribution in [0.15, 0.2) is 11.6 Å². The van der Waals surface area contributed by atoms with E-state index in [1.165, 1.54) is 11.3 Å². The van der Waals surface area contributed by atoms with Crippen molar-refractivity contribution in [2.75, 3.05) is 38.5 Å². The van der Waals surface area contributed by atoms with Gasteiger partial charge in [0.2, 0.25) is 0 Å². The van der Waals surface area contributed by atoms with E-state index in [4.69, 9.17) is 0 Å². The highest BCUT2D eigenvalue weighted by Gasteiger charge is 2.25. The summed E-state index contributed by atoms with van der Waals surface area (Å²) in [6.45, 7) is 2.80. The first kappa shape index (κ1) is 12.0. The Hall–Kier alpha value is -1.47. The summed E-state index contributed by atoms with van der Waals surface area (Å²) in [7, 11) is 2.00. The third kappa shape index (κ3) is 3.01. The number of carbonyl (C=O) groups excluding carboxylic acids is 2. The minimum atomic E-state index is -0.607. The minimum Gasteiger partial charge on any atom is -0.332 e. The summed E-state index contributed by atoms with van der Waals surface area (Å²) in [5.41, 5.74) is 0. The molecule has 0 unspecified atom stereocenters. The Labute approximate surface area is 103 Å². The second-order valence-corrected chi connectivity index (χ2v) is 4.78. The molecule has 0 bridgehead atoms. The molecule has 1 aliphatic heterocycles. The quantitative estimate of drug-likeness (QED) is 0.708. The molecular formula is C10H14N4O2S. The van der Waals surface area contributed by atoms with Crippen LogP contribution < -0.4 is 5.32 Å². The third-order valence-corrected chi connectivity index (χ3v) is 3.33. The van der Waals surface area contributed by atoms with Gasteiger partial charge in [0.1, 0.15) is 0 Å². The molecule has 1 fully saturated rings. The van der Waals surface area contributed by atoms with Gasteiger partial charge in [-0.05, 0) is 7.05 Å².